The van der Waals surface area contributed by atoms with Gasteiger partial charge in [0.15, 0.2) is 5.78 Å². The number of amides is 1. The average Bonchev–Trinajstić information content (AvgIpc) is 2.98. The zero-order valence-electron chi connectivity index (χ0n) is 14.4. The summed E-state index contributed by atoms with van der Waals surface area (Å²) >= 11 is 5.94. The molecule has 0 spiro atoms. The molecule has 0 fully saturated rings. The topological polar surface area (TPSA) is 64.0 Å². The Bertz CT molecular complexity index is 1040. The van der Waals surface area contributed by atoms with Crippen molar-refractivity contribution < 1.29 is 14.0 Å². The van der Waals surface area contributed by atoms with Crippen LogP contribution < -0.4 is 5.32 Å². The van der Waals surface area contributed by atoms with Crippen molar-refractivity contribution in [2.24, 2.45) is 0 Å². The summed E-state index contributed by atoms with van der Waals surface area (Å²) in [5.74, 6) is -1.10. The Kier molecular flexibility index (Phi) is 4.28. The largest absolute Gasteiger partial charge is 0.310 e. The van der Waals surface area contributed by atoms with Crippen LogP contribution in [0, 0.1) is 12.7 Å². The van der Waals surface area contributed by atoms with E-state index in [4.69, 9.17) is 11.6 Å². The molecule has 1 N–H and O–H groups in total. The lowest BCUT2D eigenvalue weighted by atomic mass is 9.85. The summed E-state index contributed by atoms with van der Waals surface area (Å²) in [5.41, 5.74) is 2.42. The summed E-state index contributed by atoms with van der Waals surface area (Å²) < 4.78 is 14.8. The fourth-order valence-corrected chi connectivity index (χ4v) is 3.48. The van der Waals surface area contributed by atoms with Gasteiger partial charge in [0.05, 0.1) is 17.3 Å². The maximum atomic E-state index is 13.2. The van der Waals surface area contributed by atoms with Gasteiger partial charge in [-0.15, -0.1) is 0 Å². The SMILES string of the molecule is Cc1nn(-c2ccc(Cl)cc2)c2c1C(C(=O)c1ccc(F)cc1)CC(=O)N2. The van der Waals surface area contributed by atoms with Gasteiger partial charge in [-0.3, -0.25) is 9.59 Å². The smallest absolute Gasteiger partial charge is 0.226 e. The Morgan fingerprint density at radius 2 is 1.85 bits per heavy atom. The molecule has 1 aliphatic heterocycles. The number of hydrogen-bond acceptors (Lipinski definition) is 3. The minimum absolute atomic E-state index is 0.0242. The average molecular weight is 384 g/mol. The molecule has 27 heavy (non-hydrogen) atoms. The maximum Gasteiger partial charge on any atom is 0.226 e. The van der Waals surface area contributed by atoms with Gasteiger partial charge in [-0.25, -0.2) is 9.07 Å². The molecule has 1 aromatic heterocycles. The highest BCUT2D eigenvalue weighted by atomic mass is 35.5. The third-order valence-corrected chi connectivity index (χ3v) is 4.87. The van der Waals surface area contributed by atoms with Crippen LogP contribution in [0.15, 0.2) is 48.5 Å². The van der Waals surface area contributed by atoms with Crippen LogP contribution in [0.25, 0.3) is 5.69 Å². The van der Waals surface area contributed by atoms with Crippen LogP contribution in [0.4, 0.5) is 10.2 Å². The molecular weight excluding hydrogens is 369 g/mol. The number of nitrogens with zero attached hydrogens (tertiary/aromatic N) is 2. The molecule has 0 bridgehead atoms. The minimum atomic E-state index is -0.666. The van der Waals surface area contributed by atoms with E-state index in [1.807, 2.05) is 0 Å². The molecule has 4 rings (SSSR count). The number of benzene rings is 2. The second-order valence-corrected chi connectivity index (χ2v) is 6.85. The summed E-state index contributed by atoms with van der Waals surface area (Å²) in [7, 11) is 0. The number of nitrogens with one attached hydrogen (secondary N) is 1. The van der Waals surface area contributed by atoms with Gasteiger partial charge in [0.2, 0.25) is 5.91 Å². The third kappa shape index (κ3) is 3.13. The number of anilines is 1. The summed E-state index contributed by atoms with van der Waals surface area (Å²) in [4.78, 5) is 25.3. The lowest BCUT2D eigenvalue weighted by Gasteiger charge is -2.23. The van der Waals surface area contributed by atoms with Crippen molar-refractivity contribution in [3.63, 3.8) is 0 Å². The first-order valence-electron chi connectivity index (χ1n) is 8.39. The number of carbonyl (C=O) groups is 2. The molecular formula is C20H15ClFN3O2. The molecule has 3 aromatic rings. The second kappa shape index (κ2) is 6.63. The summed E-state index contributed by atoms with van der Waals surface area (Å²) in [6, 6.07) is 12.4. The molecule has 0 aliphatic carbocycles. The van der Waals surface area contributed by atoms with Crippen LogP contribution in [-0.4, -0.2) is 21.5 Å². The van der Waals surface area contributed by atoms with Crippen molar-refractivity contribution in [1.82, 2.24) is 9.78 Å². The quantitative estimate of drug-likeness (QED) is 0.686. The van der Waals surface area contributed by atoms with E-state index in [9.17, 15) is 14.0 Å². The molecule has 0 radical (unpaired) electrons. The van der Waals surface area contributed by atoms with E-state index in [1.54, 1.807) is 35.9 Å². The van der Waals surface area contributed by atoms with Crippen LogP contribution in [-0.2, 0) is 4.79 Å². The first-order chi connectivity index (χ1) is 12.9. The van der Waals surface area contributed by atoms with E-state index in [-0.39, 0.29) is 18.1 Å². The normalized spacial score (nSPS) is 16.0. The first kappa shape index (κ1) is 17.4. The predicted octanol–water partition coefficient (Wildman–Crippen LogP) is 4.28. The molecule has 1 atom stereocenters. The maximum absolute atomic E-state index is 13.2. The molecule has 0 saturated heterocycles. The summed E-state index contributed by atoms with van der Waals surface area (Å²) in [5, 5.41) is 7.93. The number of rotatable bonds is 3. The van der Waals surface area contributed by atoms with Crippen LogP contribution in [0.2, 0.25) is 5.02 Å². The van der Waals surface area contributed by atoms with E-state index in [0.717, 1.165) is 5.69 Å². The van der Waals surface area contributed by atoms with Gasteiger partial charge < -0.3 is 5.32 Å². The van der Waals surface area contributed by atoms with Gasteiger partial charge in [0, 0.05) is 22.6 Å². The van der Waals surface area contributed by atoms with Gasteiger partial charge >= 0.3 is 0 Å². The van der Waals surface area contributed by atoms with Crippen LogP contribution >= 0.6 is 11.6 Å². The Morgan fingerprint density at radius 1 is 1.19 bits per heavy atom. The van der Waals surface area contributed by atoms with E-state index in [1.165, 1.54) is 24.3 Å². The lowest BCUT2D eigenvalue weighted by Crippen LogP contribution is -2.28. The molecule has 2 aromatic carbocycles. The first-order valence-corrected chi connectivity index (χ1v) is 8.77. The monoisotopic (exact) mass is 383 g/mol. The van der Waals surface area contributed by atoms with Crippen LogP contribution in [0.1, 0.15) is 34.0 Å². The fourth-order valence-electron chi connectivity index (χ4n) is 3.36. The fraction of sp³-hybridized carbons (Fsp3) is 0.150. The molecule has 2 heterocycles. The Labute approximate surface area is 159 Å². The second-order valence-electron chi connectivity index (χ2n) is 6.41. The lowest BCUT2D eigenvalue weighted by molar-refractivity contribution is -0.116. The van der Waals surface area contributed by atoms with Crippen LogP contribution in [0.5, 0.6) is 0 Å². The van der Waals surface area contributed by atoms with Gasteiger partial charge in [-0.05, 0) is 55.5 Å². The molecule has 0 saturated carbocycles. The van der Waals surface area contributed by atoms with E-state index in [2.05, 4.69) is 10.4 Å². The summed E-state index contributed by atoms with van der Waals surface area (Å²) in [6.45, 7) is 1.80. The highest BCUT2D eigenvalue weighted by Crippen LogP contribution is 2.38. The van der Waals surface area contributed by atoms with Gasteiger partial charge in [-0.1, -0.05) is 11.6 Å². The number of fused-ring (bicyclic) bond motifs is 1. The number of halogens is 2. The molecule has 1 unspecified atom stereocenters. The van der Waals surface area contributed by atoms with Crippen molar-refractivity contribution in [2.75, 3.05) is 5.32 Å². The predicted molar refractivity (Wildman–Crippen MR) is 100 cm³/mol. The molecule has 1 aliphatic rings. The van der Waals surface area contributed by atoms with Crippen molar-refractivity contribution in [3.05, 3.63) is 76.2 Å². The third-order valence-electron chi connectivity index (χ3n) is 4.62. The van der Waals surface area contributed by atoms with Gasteiger partial charge in [0.25, 0.3) is 0 Å². The molecule has 5 nitrogen and oxygen atoms in total. The number of aryl methyl sites for hydroxylation is 1. The highest BCUT2D eigenvalue weighted by molar-refractivity contribution is 6.30. The number of aromatic nitrogens is 2. The molecule has 1 amide bonds. The minimum Gasteiger partial charge on any atom is -0.310 e. The Hall–Kier alpha value is -2.99. The highest BCUT2D eigenvalue weighted by Gasteiger charge is 2.36. The van der Waals surface area contributed by atoms with Crippen molar-refractivity contribution in [2.45, 2.75) is 19.3 Å². The van der Waals surface area contributed by atoms with E-state index < -0.39 is 11.7 Å². The molecule has 7 heteroatoms. The van der Waals surface area contributed by atoms with Gasteiger partial charge in [0.1, 0.15) is 11.6 Å². The van der Waals surface area contributed by atoms with Crippen molar-refractivity contribution in [3.8, 4) is 5.69 Å². The summed E-state index contributed by atoms with van der Waals surface area (Å²) in [6.07, 6.45) is 0.0242. The van der Waals surface area contributed by atoms with E-state index >= 15 is 0 Å². The van der Waals surface area contributed by atoms with Crippen molar-refractivity contribution >= 4 is 29.1 Å². The zero-order valence-corrected chi connectivity index (χ0v) is 15.1. The number of Topliss-reactive ketones (excluding diaryl/α,β-unsaturated/α-hetero) is 1. The Balaban J connectivity index is 1.80. The van der Waals surface area contributed by atoms with Crippen LogP contribution in [0.3, 0.4) is 0 Å². The Morgan fingerprint density at radius 3 is 2.52 bits per heavy atom. The number of carbonyl (C=O) groups excluding carboxylic acids is 2. The number of hydrogen-bond donors (Lipinski definition) is 1. The number of ketones is 1. The van der Waals surface area contributed by atoms with Gasteiger partial charge in [-0.2, -0.15) is 5.10 Å². The van der Waals surface area contributed by atoms with E-state index in [0.29, 0.717) is 27.7 Å². The molecule has 136 valence electrons. The standard InChI is InChI=1S/C20H15ClFN3O2/c1-11-18-16(19(27)12-2-6-14(22)7-3-12)10-17(26)23-20(18)25(24-11)15-8-4-13(21)5-9-15/h2-9,16H,10H2,1H3,(H,23,26). The zero-order chi connectivity index (χ0) is 19.1. The van der Waals surface area contributed by atoms with Crippen molar-refractivity contribution in [1.29, 1.82) is 0 Å².